The predicted molar refractivity (Wildman–Crippen MR) is 46.2 cm³/mol. The molecule has 1 rings (SSSR count). The Kier molecular flexibility index (Phi) is 2.57. The molecular formula is C7H10N2S. The SMILES string of the molecule is C=Cn1ccnc1CCS. The second-order valence-corrected chi connectivity index (χ2v) is 2.35. The Bertz CT molecular complexity index is 217. The lowest BCUT2D eigenvalue weighted by Gasteiger charge is -1.97. The first-order valence-corrected chi connectivity index (χ1v) is 3.77. The number of hydrogen-bond donors (Lipinski definition) is 1. The molecule has 10 heavy (non-hydrogen) atoms. The molecule has 0 aliphatic heterocycles. The molecule has 0 fully saturated rings. The van der Waals surface area contributed by atoms with Crippen LogP contribution in [-0.4, -0.2) is 15.3 Å². The number of nitrogens with zero attached hydrogens (tertiary/aromatic N) is 2. The van der Waals surface area contributed by atoms with Gasteiger partial charge in [-0.05, 0) is 5.75 Å². The number of aryl methyl sites for hydroxylation is 1. The summed E-state index contributed by atoms with van der Waals surface area (Å²) in [6, 6.07) is 0. The zero-order valence-electron chi connectivity index (χ0n) is 5.70. The largest absolute Gasteiger partial charge is 0.311 e. The molecule has 0 aliphatic rings. The summed E-state index contributed by atoms with van der Waals surface area (Å²) in [7, 11) is 0. The Morgan fingerprint density at radius 3 is 3.20 bits per heavy atom. The summed E-state index contributed by atoms with van der Waals surface area (Å²) in [6.07, 6.45) is 6.28. The zero-order chi connectivity index (χ0) is 7.40. The highest BCUT2D eigenvalue weighted by Crippen LogP contribution is 1.98. The Morgan fingerprint density at radius 2 is 2.60 bits per heavy atom. The third-order valence-corrected chi connectivity index (χ3v) is 1.50. The number of imidazole rings is 1. The van der Waals surface area contributed by atoms with E-state index >= 15 is 0 Å². The smallest absolute Gasteiger partial charge is 0.113 e. The van der Waals surface area contributed by atoms with Gasteiger partial charge in [0.25, 0.3) is 0 Å². The van der Waals surface area contributed by atoms with E-state index in [1.54, 1.807) is 12.4 Å². The molecule has 0 saturated carbocycles. The van der Waals surface area contributed by atoms with Crippen molar-refractivity contribution in [1.29, 1.82) is 0 Å². The standard InChI is InChI=1S/C7H10N2S/c1-2-9-5-4-8-7(9)3-6-10/h2,4-5,10H,1,3,6H2. The van der Waals surface area contributed by atoms with Gasteiger partial charge in [-0.3, -0.25) is 0 Å². The molecule has 0 bridgehead atoms. The van der Waals surface area contributed by atoms with Crippen LogP contribution in [0.15, 0.2) is 19.0 Å². The molecule has 0 N–H and O–H groups in total. The highest BCUT2D eigenvalue weighted by Gasteiger charge is 1.95. The maximum Gasteiger partial charge on any atom is 0.113 e. The molecule has 1 aromatic rings. The topological polar surface area (TPSA) is 17.8 Å². The minimum absolute atomic E-state index is 0.824. The second-order valence-electron chi connectivity index (χ2n) is 1.91. The van der Waals surface area contributed by atoms with E-state index < -0.39 is 0 Å². The van der Waals surface area contributed by atoms with Crippen molar-refractivity contribution >= 4 is 18.8 Å². The van der Waals surface area contributed by atoms with Crippen LogP contribution in [0.4, 0.5) is 0 Å². The zero-order valence-corrected chi connectivity index (χ0v) is 6.59. The van der Waals surface area contributed by atoms with Crippen LogP contribution in [0.2, 0.25) is 0 Å². The number of thiol groups is 1. The summed E-state index contributed by atoms with van der Waals surface area (Å²) >= 11 is 4.11. The quantitative estimate of drug-likeness (QED) is 0.652. The number of aromatic nitrogens is 2. The summed E-state index contributed by atoms with van der Waals surface area (Å²) in [5, 5.41) is 0. The summed E-state index contributed by atoms with van der Waals surface area (Å²) in [6.45, 7) is 3.64. The van der Waals surface area contributed by atoms with Crippen LogP contribution >= 0.6 is 12.6 Å². The summed E-state index contributed by atoms with van der Waals surface area (Å²) in [5.41, 5.74) is 0. The van der Waals surface area contributed by atoms with Crippen LogP contribution in [-0.2, 0) is 6.42 Å². The molecule has 0 spiro atoms. The average molecular weight is 154 g/mol. The van der Waals surface area contributed by atoms with Crippen molar-refractivity contribution in [2.24, 2.45) is 0 Å². The minimum atomic E-state index is 0.824. The summed E-state index contributed by atoms with van der Waals surface area (Å²) in [4.78, 5) is 4.12. The lowest BCUT2D eigenvalue weighted by molar-refractivity contribution is 0.933. The van der Waals surface area contributed by atoms with Gasteiger partial charge in [-0.2, -0.15) is 12.6 Å². The fourth-order valence-electron chi connectivity index (χ4n) is 0.804. The van der Waals surface area contributed by atoms with E-state index in [0.29, 0.717) is 0 Å². The fraction of sp³-hybridized carbons (Fsp3) is 0.286. The molecule has 0 saturated heterocycles. The lowest BCUT2D eigenvalue weighted by Crippen LogP contribution is -1.95. The Morgan fingerprint density at radius 1 is 1.80 bits per heavy atom. The van der Waals surface area contributed by atoms with E-state index in [9.17, 15) is 0 Å². The van der Waals surface area contributed by atoms with Crippen LogP contribution in [0.3, 0.4) is 0 Å². The molecule has 54 valence electrons. The molecule has 3 heteroatoms. The predicted octanol–water partition coefficient (Wildman–Crippen LogP) is 1.46. The molecular weight excluding hydrogens is 144 g/mol. The van der Waals surface area contributed by atoms with Crippen molar-refractivity contribution in [3.63, 3.8) is 0 Å². The molecule has 0 atom stereocenters. The van der Waals surface area contributed by atoms with Gasteiger partial charge in [-0.15, -0.1) is 0 Å². The van der Waals surface area contributed by atoms with Crippen molar-refractivity contribution in [3.8, 4) is 0 Å². The first kappa shape index (κ1) is 7.41. The lowest BCUT2D eigenvalue weighted by atomic mass is 10.4. The average Bonchev–Trinajstić information content (AvgIpc) is 2.36. The third-order valence-electron chi connectivity index (χ3n) is 1.28. The Balaban J connectivity index is 2.79. The molecule has 0 amide bonds. The fourth-order valence-corrected chi connectivity index (χ4v) is 1.00. The molecule has 1 heterocycles. The highest BCUT2D eigenvalue weighted by atomic mass is 32.1. The van der Waals surface area contributed by atoms with E-state index in [1.165, 1.54) is 0 Å². The van der Waals surface area contributed by atoms with E-state index in [1.807, 2.05) is 10.8 Å². The van der Waals surface area contributed by atoms with Gasteiger partial charge in [0.2, 0.25) is 0 Å². The molecule has 0 unspecified atom stereocenters. The Hall–Kier alpha value is -0.700. The maximum atomic E-state index is 4.12. The highest BCUT2D eigenvalue weighted by molar-refractivity contribution is 7.80. The number of hydrogen-bond acceptors (Lipinski definition) is 2. The first-order chi connectivity index (χ1) is 4.88. The van der Waals surface area contributed by atoms with Crippen molar-refractivity contribution in [2.75, 3.05) is 5.75 Å². The molecule has 0 aliphatic carbocycles. The van der Waals surface area contributed by atoms with Gasteiger partial charge in [0, 0.05) is 25.0 Å². The minimum Gasteiger partial charge on any atom is -0.311 e. The van der Waals surface area contributed by atoms with E-state index in [-0.39, 0.29) is 0 Å². The molecule has 2 nitrogen and oxygen atoms in total. The number of rotatable bonds is 3. The molecule has 0 radical (unpaired) electrons. The molecule has 0 aromatic carbocycles. The van der Waals surface area contributed by atoms with Gasteiger partial charge in [0.15, 0.2) is 0 Å². The van der Waals surface area contributed by atoms with Gasteiger partial charge >= 0.3 is 0 Å². The van der Waals surface area contributed by atoms with Gasteiger partial charge in [0.05, 0.1) is 0 Å². The van der Waals surface area contributed by atoms with Gasteiger partial charge in [0.1, 0.15) is 5.82 Å². The van der Waals surface area contributed by atoms with Crippen LogP contribution in [0.25, 0.3) is 6.20 Å². The van der Waals surface area contributed by atoms with Crippen molar-refractivity contribution in [3.05, 3.63) is 24.8 Å². The summed E-state index contributed by atoms with van der Waals surface area (Å²) < 4.78 is 1.90. The van der Waals surface area contributed by atoms with E-state index in [0.717, 1.165) is 18.0 Å². The van der Waals surface area contributed by atoms with Crippen LogP contribution in [0, 0.1) is 0 Å². The second kappa shape index (κ2) is 3.46. The van der Waals surface area contributed by atoms with Crippen molar-refractivity contribution < 1.29 is 0 Å². The van der Waals surface area contributed by atoms with Crippen molar-refractivity contribution in [1.82, 2.24) is 9.55 Å². The summed E-state index contributed by atoms with van der Waals surface area (Å²) in [5.74, 6) is 1.84. The van der Waals surface area contributed by atoms with Gasteiger partial charge < -0.3 is 4.57 Å². The van der Waals surface area contributed by atoms with Crippen molar-refractivity contribution in [2.45, 2.75) is 6.42 Å². The van der Waals surface area contributed by atoms with Crippen LogP contribution in [0.5, 0.6) is 0 Å². The Labute approximate surface area is 66.0 Å². The maximum absolute atomic E-state index is 4.12. The first-order valence-electron chi connectivity index (χ1n) is 3.13. The third kappa shape index (κ3) is 1.42. The van der Waals surface area contributed by atoms with E-state index in [4.69, 9.17) is 0 Å². The van der Waals surface area contributed by atoms with Crippen LogP contribution < -0.4 is 0 Å². The van der Waals surface area contributed by atoms with E-state index in [2.05, 4.69) is 24.2 Å². The normalized spacial score (nSPS) is 9.70. The van der Waals surface area contributed by atoms with Gasteiger partial charge in [-0.1, -0.05) is 6.58 Å². The van der Waals surface area contributed by atoms with Crippen LogP contribution in [0.1, 0.15) is 5.82 Å². The molecule has 1 aromatic heterocycles. The monoisotopic (exact) mass is 154 g/mol. The van der Waals surface area contributed by atoms with Gasteiger partial charge in [-0.25, -0.2) is 4.98 Å².